The first-order valence-corrected chi connectivity index (χ1v) is 14.6. The van der Waals surface area contributed by atoms with Gasteiger partial charge in [0.2, 0.25) is 11.8 Å². The molecule has 1 aromatic carbocycles. The minimum atomic E-state index is -4.17. The van der Waals surface area contributed by atoms with Gasteiger partial charge in [-0.2, -0.15) is 0 Å². The molecule has 1 aromatic heterocycles. The number of piperidine rings is 1. The molecule has 3 rings (SSSR count). The normalized spacial score (nSPS) is 14.6. The number of halogens is 2. The summed E-state index contributed by atoms with van der Waals surface area (Å²) in [5.41, 5.74) is 1.09. The summed E-state index contributed by atoms with van der Waals surface area (Å²) in [7, 11) is -0.253. The number of imide groups is 1. The van der Waals surface area contributed by atoms with Gasteiger partial charge in [0.15, 0.2) is 0 Å². The second-order valence-electron chi connectivity index (χ2n) is 8.86. The van der Waals surface area contributed by atoms with E-state index in [1.165, 1.54) is 24.3 Å². The Morgan fingerprint density at radius 1 is 1.18 bits per heavy atom. The maximum absolute atomic E-state index is 15.0. The quantitative estimate of drug-likeness (QED) is 0.352. The van der Waals surface area contributed by atoms with Crippen molar-refractivity contribution in [3.63, 3.8) is 0 Å². The lowest BCUT2D eigenvalue weighted by atomic mass is 10.00. The maximum atomic E-state index is 15.0. The standard InChI is InChI=1S/C25H29ClFN5O5S2/c1-4-5-17(28-10-11-31(2)3)12-16-13-22(33)32(23(34)14-16)20-7-6-18(15-19(20)27)29-25(35)30-39(36,37)24-9-8-21(26)38-24/h5-9,12,15,28H,4,10-11,13-14H2,1-3H3,(H2,29,30,35)/b17-5+. The minimum Gasteiger partial charge on any atom is -0.384 e. The molecule has 14 heteroatoms. The van der Waals surface area contributed by atoms with Crippen LogP contribution < -0.4 is 20.3 Å². The summed E-state index contributed by atoms with van der Waals surface area (Å²) in [6.45, 7) is 3.48. The highest BCUT2D eigenvalue weighted by atomic mass is 35.5. The summed E-state index contributed by atoms with van der Waals surface area (Å²) in [5, 5.41) is 5.51. The van der Waals surface area contributed by atoms with Crippen LogP contribution in [0.2, 0.25) is 4.34 Å². The van der Waals surface area contributed by atoms with Crippen molar-refractivity contribution in [2.24, 2.45) is 0 Å². The van der Waals surface area contributed by atoms with E-state index in [0.717, 1.165) is 41.0 Å². The van der Waals surface area contributed by atoms with Gasteiger partial charge in [0.25, 0.3) is 10.0 Å². The van der Waals surface area contributed by atoms with Gasteiger partial charge in [-0.05, 0) is 62.5 Å². The summed E-state index contributed by atoms with van der Waals surface area (Å²) in [5.74, 6) is -2.11. The smallest absolute Gasteiger partial charge is 0.333 e. The van der Waals surface area contributed by atoms with E-state index in [1.807, 2.05) is 36.7 Å². The number of nitrogens with zero attached hydrogens (tertiary/aromatic N) is 2. The van der Waals surface area contributed by atoms with Crippen LogP contribution in [0.5, 0.6) is 0 Å². The lowest BCUT2D eigenvalue weighted by molar-refractivity contribution is -0.127. The number of benzene rings is 1. The Bertz CT molecular complexity index is 1400. The van der Waals surface area contributed by atoms with Crippen molar-refractivity contribution in [1.82, 2.24) is 14.9 Å². The molecule has 1 aliphatic heterocycles. The Labute approximate surface area is 235 Å². The number of nitrogens with one attached hydrogen (secondary N) is 3. The van der Waals surface area contributed by atoms with Crippen molar-refractivity contribution < 1.29 is 27.2 Å². The van der Waals surface area contributed by atoms with E-state index in [9.17, 15) is 27.2 Å². The van der Waals surface area contributed by atoms with Crippen LogP contribution in [0.25, 0.3) is 0 Å². The van der Waals surface area contributed by atoms with Gasteiger partial charge in [-0.15, -0.1) is 11.3 Å². The second-order valence-corrected chi connectivity index (χ2v) is 12.5. The largest absolute Gasteiger partial charge is 0.384 e. The van der Waals surface area contributed by atoms with Crippen molar-refractivity contribution in [2.45, 2.75) is 30.4 Å². The fraction of sp³-hybridized carbons (Fsp3) is 0.320. The third-order valence-corrected chi connectivity index (χ3v) is 8.47. The van der Waals surface area contributed by atoms with Crippen molar-refractivity contribution in [2.75, 3.05) is 37.4 Å². The Morgan fingerprint density at radius 3 is 2.44 bits per heavy atom. The molecule has 1 fully saturated rings. The van der Waals surface area contributed by atoms with Crippen molar-refractivity contribution >= 4 is 62.2 Å². The van der Waals surface area contributed by atoms with Crippen LogP contribution >= 0.6 is 22.9 Å². The van der Waals surface area contributed by atoms with Gasteiger partial charge in [0.05, 0.1) is 10.0 Å². The Morgan fingerprint density at radius 2 is 1.87 bits per heavy atom. The number of thiophene rings is 1. The first kappa shape index (κ1) is 30.3. The van der Waals surface area contributed by atoms with Gasteiger partial charge in [0.1, 0.15) is 10.0 Å². The number of allylic oxidation sites excluding steroid dienone is 2. The molecule has 2 heterocycles. The number of likely N-dealkylation sites (N-methyl/N-ethyl adjacent to an activating group) is 1. The summed E-state index contributed by atoms with van der Waals surface area (Å²) in [4.78, 5) is 40.7. The zero-order valence-electron chi connectivity index (χ0n) is 21.6. The van der Waals surface area contributed by atoms with Gasteiger partial charge < -0.3 is 15.5 Å². The van der Waals surface area contributed by atoms with E-state index in [0.29, 0.717) is 12.1 Å². The molecule has 1 saturated heterocycles. The number of sulfonamides is 1. The van der Waals surface area contributed by atoms with Crippen LogP contribution in [0.4, 0.5) is 20.6 Å². The van der Waals surface area contributed by atoms with E-state index in [1.54, 1.807) is 6.08 Å². The lowest BCUT2D eigenvalue weighted by Gasteiger charge is -2.27. The molecule has 0 atom stereocenters. The van der Waals surface area contributed by atoms with Gasteiger partial charge in [-0.3, -0.25) is 9.59 Å². The number of rotatable bonds is 10. The average molecular weight is 598 g/mol. The van der Waals surface area contributed by atoms with Crippen molar-refractivity contribution in [3.8, 4) is 0 Å². The molecule has 0 unspecified atom stereocenters. The summed E-state index contributed by atoms with van der Waals surface area (Å²) in [6.07, 6.45) is 4.39. The molecule has 3 N–H and O–H groups in total. The Hall–Kier alpha value is -3.26. The number of anilines is 2. The van der Waals surface area contributed by atoms with E-state index in [4.69, 9.17) is 11.6 Å². The van der Waals surface area contributed by atoms with Gasteiger partial charge in [-0.25, -0.2) is 27.2 Å². The number of amides is 4. The number of carbonyl (C=O) groups excluding carboxylic acids is 3. The third-order valence-electron chi connectivity index (χ3n) is 5.41. The number of urea groups is 1. The Kier molecular flexibility index (Phi) is 10.2. The highest BCUT2D eigenvalue weighted by Gasteiger charge is 2.32. The molecular weight excluding hydrogens is 569 g/mol. The molecule has 10 nitrogen and oxygen atoms in total. The molecule has 0 bridgehead atoms. The highest BCUT2D eigenvalue weighted by molar-refractivity contribution is 7.92. The van der Waals surface area contributed by atoms with Crippen LogP contribution in [0.1, 0.15) is 26.2 Å². The molecule has 0 radical (unpaired) electrons. The van der Waals surface area contributed by atoms with Crippen LogP contribution in [0, 0.1) is 5.82 Å². The third kappa shape index (κ3) is 8.36. The molecular formula is C25H29ClFN5O5S2. The van der Waals surface area contributed by atoms with Crippen molar-refractivity contribution in [3.05, 3.63) is 63.9 Å². The van der Waals surface area contributed by atoms with E-state index >= 15 is 0 Å². The number of hydrogen-bond donors (Lipinski definition) is 3. The maximum Gasteiger partial charge on any atom is 0.333 e. The zero-order valence-corrected chi connectivity index (χ0v) is 24.0. The molecule has 1 aliphatic rings. The molecule has 39 heavy (non-hydrogen) atoms. The van der Waals surface area contributed by atoms with Crippen molar-refractivity contribution in [1.29, 1.82) is 0 Å². The first-order chi connectivity index (χ1) is 18.4. The molecule has 4 amide bonds. The summed E-state index contributed by atoms with van der Waals surface area (Å²) >= 11 is 6.51. The highest BCUT2D eigenvalue weighted by Crippen LogP contribution is 2.30. The van der Waals surface area contributed by atoms with Crippen LogP contribution in [-0.2, 0) is 19.6 Å². The zero-order chi connectivity index (χ0) is 28.7. The second kappa shape index (κ2) is 13.2. The van der Waals surface area contributed by atoms with Crippen LogP contribution in [-0.4, -0.2) is 58.3 Å². The average Bonchev–Trinajstić information content (AvgIpc) is 3.27. The van der Waals surface area contributed by atoms with E-state index < -0.39 is 33.7 Å². The topological polar surface area (TPSA) is 128 Å². The molecule has 210 valence electrons. The monoisotopic (exact) mass is 597 g/mol. The van der Waals surface area contributed by atoms with Gasteiger partial charge in [-0.1, -0.05) is 24.6 Å². The SMILES string of the molecule is CC/C=C(\C=C1CC(=O)N(c2ccc(NC(=O)NS(=O)(=O)c3ccc(Cl)s3)cc2F)C(=O)C1)NCCN(C)C. The molecule has 0 aliphatic carbocycles. The number of hydrogen-bond acceptors (Lipinski definition) is 8. The predicted molar refractivity (Wildman–Crippen MR) is 150 cm³/mol. The van der Waals surface area contributed by atoms with Crippen LogP contribution in [0.15, 0.2) is 58.0 Å². The fourth-order valence-corrected chi connectivity index (χ4v) is 6.09. The molecule has 0 saturated carbocycles. The minimum absolute atomic E-state index is 0.0609. The van der Waals surface area contributed by atoms with Gasteiger partial charge >= 0.3 is 6.03 Å². The first-order valence-electron chi connectivity index (χ1n) is 11.9. The summed E-state index contributed by atoms with van der Waals surface area (Å²) < 4.78 is 41.4. The molecule has 0 spiro atoms. The van der Waals surface area contributed by atoms with E-state index in [-0.39, 0.29) is 32.8 Å². The molecule has 2 aromatic rings. The lowest BCUT2D eigenvalue weighted by Crippen LogP contribution is -2.41. The fourth-order valence-electron chi connectivity index (χ4n) is 3.70. The Balaban J connectivity index is 1.68. The van der Waals surface area contributed by atoms with Crippen LogP contribution in [0.3, 0.4) is 0 Å². The van der Waals surface area contributed by atoms with Gasteiger partial charge in [0, 0.05) is 37.3 Å². The van der Waals surface area contributed by atoms with E-state index in [2.05, 4.69) is 10.6 Å². The predicted octanol–water partition coefficient (Wildman–Crippen LogP) is 4.08. The number of carbonyl (C=O) groups is 3. The summed E-state index contributed by atoms with van der Waals surface area (Å²) in [6, 6.07) is 4.82.